The van der Waals surface area contributed by atoms with Crippen molar-refractivity contribution >= 4 is 23.0 Å². The van der Waals surface area contributed by atoms with Gasteiger partial charge in [0.05, 0.1) is 11.6 Å². The number of aliphatic imine (C=N–C) groups is 1. The van der Waals surface area contributed by atoms with Gasteiger partial charge in [-0.3, -0.25) is 4.99 Å². The normalized spacial score (nSPS) is 27.8. The second-order valence-corrected chi connectivity index (χ2v) is 6.99. The Morgan fingerprint density at radius 1 is 1.50 bits per heavy atom. The van der Waals surface area contributed by atoms with Crippen LogP contribution >= 0.6 is 11.8 Å². The molecular formula is C16H21N3O2S. The van der Waals surface area contributed by atoms with Crippen LogP contribution in [-0.4, -0.2) is 40.0 Å². The summed E-state index contributed by atoms with van der Waals surface area (Å²) in [6.45, 7) is 3.12. The van der Waals surface area contributed by atoms with Gasteiger partial charge in [0.25, 0.3) is 0 Å². The molecular weight excluding hydrogens is 298 g/mol. The molecule has 0 radical (unpaired) electrons. The van der Waals surface area contributed by atoms with E-state index in [-0.39, 0.29) is 17.7 Å². The summed E-state index contributed by atoms with van der Waals surface area (Å²) in [7, 11) is 0. The molecule has 118 valence electrons. The largest absolute Gasteiger partial charge is 0.445 e. The first-order chi connectivity index (χ1) is 10.6. The van der Waals surface area contributed by atoms with Gasteiger partial charge in [-0.15, -0.1) is 0 Å². The Bertz CT molecular complexity index is 578. The zero-order valence-electron chi connectivity index (χ0n) is 12.7. The van der Waals surface area contributed by atoms with E-state index in [1.54, 1.807) is 11.8 Å². The molecule has 1 aromatic rings. The predicted octanol–water partition coefficient (Wildman–Crippen LogP) is 2.61. The summed E-state index contributed by atoms with van der Waals surface area (Å²) < 4.78 is 5.49. The topological polar surface area (TPSA) is 67.9 Å². The maximum absolute atomic E-state index is 12.5. The Kier molecular flexibility index (Phi) is 4.29. The van der Waals surface area contributed by atoms with Gasteiger partial charge < -0.3 is 15.4 Å². The molecule has 0 saturated carbocycles. The van der Waals surface area contributed by atoms with Crippen molar-refractivity contribution in [3.63, 3.8) is 0 Å². The maximum Gasteiger partial charge on any atom is 0.410 e. The minimum absolute atomic E-state index is 0.0595. The molecule has 6 heteroatoms. The zero-order valence-corrected chi connectivity index (χ0v) is 13.5. The number of hydrogen-bond acceptors (Lipinski definition) is 5. The summed E-state index contributed by atoms with van der Waals surface area (Å²) in [5.41, 5.74) is 6.49. The van der Waals surface area contributed by atoms with Crippen molar-refractivity contribution in [1.29, 1.82) is 0 Å². The van der Waals surface area contributed by atoms with Crippen LogP contribution in [0.25, 0.3) is 0 Å². The third-order valence-electron chi connectivity index (χ3n) is 4.50. The smallest absolute Gasteiger partial charge is 0.410 e. The fourth-order valence-electron chi connectivity index (χ4n) is 3.14. The molecule has 2 atom stereocenters. The van der Waals surface area contributed by atoms with Crippen molar-refractivity contribution in [2.45, 2.75) is 38.0 Å². The van der Waals surface area contributed by atoms with E-state index < -0.39 is 0 Å². The molecule has 2 heterocycles. The van der Waals surface area contributed by atoms with Crippen molar-refractivity contribution in [3.8, 4) is 0 Å². The second kappa shape index (κ2) is 6.20. The number of carbonyl (C=O) groups is 1. The minimum atomic E-state index is -0.290. The first-order valence-electron chi connectivity index (χ1n) is 7.54. The lowest BCUT2D eigenvalue weighted by Crippen LogP contribution is -2.52. The number of rotatable bonds is 3. The van der Waals surface area contributed by atoms with Crippen molar-refractivity contribution in [2.24, 2.45) is 10.7 Å². The van der Waals surface area contributed by atoms with E-state index in [4.69, 9.17) is 10.5 Å². The first-order valence-corrected chi connectivity index (χ1v) is 8.52. The predicted molar refractivity (Wildman–Crippen MR) is 88.8 cm³/mol. The van der Waals surface area contributed by atoms with Gasteiger partial charge in [0.2, 0.25) is 0 Å². The molecule has 5 nitrogen and oxygen atoms in total. The molecule has 0 aromatic heterocycles. The number of nitrogens with zero attached hydrogens (tertiary/aromatic N) is 2. The summed E-state index contributed by atoms with van der Waals surface area (Å²) in [5, 5.41) is 0.621. The van der Waals surface area contributed by atoms with Crippen molar-refractivity contribution in [2.75, 3.05) is 12.3 Å². The zero-order chi connectivity index (χ0) is 15.6. The Balaban J connectivity index is 1.66. The number of ether oxygens (including phenoxy) is 1. The first kappa shape index (κ1) is 15.2. The van der Waals surface area contributed by atoms with E-state index in [1.165, 1.54) is 0 Å². The van der Waals surface area contributed by atoms with Crippen LogP contribution in [0.3, 0.4) is 0 Å². The lowest BCUT2D eigenvalue weighted by Gasteiger charge is -2.37. The number of hydrogen-bond donors (Lipinski definition) is 1. The number of amidine groups is 1. The Hall–Kier alpha value is -1.69. The van der Waals surface area contributed by atoms with Crippen molar-refractivity contribution in [1.82, 2.24) is 4.90 Å². The fourth-order valence-corrected chi connectivity index (χ4v) is 4.10. The highest BCUT2D eigenvalue weighted by Gasteiger charge is 2.47. The molecule has 1 fully saturated rings. The molecule has 0 bridgehead atoms. The van der Waals surface area contributed by atoms with E-state index in [0.717, 1.165) is 30.7 Å². The van der Waals surface area contributed by atoms with Gasteiger partial charge in [-0.25, -0.2) is 4.79 Å². The van der Waals surface area contributed by atoms with Crippen LogP contribution in [0.5, 0.6) is 0 Å². The second-order valence-electron chi connectivity index (χ2n) is 5.95. The number of thioether (sulfide) groups is 1. The maximum atomic E-state index is 12.5. The fraction of sp³-hybridized carbons (Fsp3) is 0.500. The highest BCUT2D eigenvalue weighted by atomic mass is 32.2. The van der Waals surface area contributed by atoms with Crippen LogP contribution in [-0.2, 0) is 11.3 Å². The Morgan fingerprint density at radius 3 is 2.95 bits per heavy atom. The molecule has 22 heavy (non-hydrogen) atoms. The number of carbonyl (C=O) groups excluding carboxylic acids is 1. The molecule has 3 rings (SSSR count). The molecule has 1 saturated heterocycles. The average Bonchev–Trinajstić information content (AvgIpc) is 3.13. The number of nitrogens with two attached hydrogens (primary N) is 1. The van der Waals surface area contributed by atoms with Crippen LogP contribution < -0.4 is 5.73 Å². The molecule has 0 aliphatic carbocycles. The lowest BCUT2D eigenvalue weighted by molar-refractivity contribution is 0.0643. The minimum Gasteiger partial charge on any atom is -0.445 e. The average molecular weight is 319 g/mol. The van der Waals surface area contributed by atoms with Crippen LogP contribution in [0.2, 0.25) is 0 Å². The number of benzene rings is 1. The molecule has 1 aromatic carbocycles. The number of amides is 1. The highest BCUT2D eigenvalue weighted by molar-refractivity contribution is 8.14. The molecule has 2 unspecified atom stereocenters. The van der Waals surface area contributed by atoms with Gasteiger partial charge in [0.15, 0.2) is 5.17 Å². The third kappa shape index (κ3) is 2.92. The van der Waals surface area contributed by atoms with Crippen LogP contribution in [0.4, 0.5) is 4.79 Å². The van der Waals surface area contributed by atoms with Crippen LogP contribution in [0, 0.1) is 0 Å². The summed E-state index contributed by atoms with van der Waals surface area (Å²) in [4.78, 5) is 18.8. The molecule has 0 spiro atoms. The van der Waals surface area contributed by atoms with Gasteiger partial charge in [0.1, 0.15) is 6.61 Å². The molecule has 2 aliphatic heterocycles. The molecule has 2 aliphatic rings. The summed E-state index contributed by atoms with van der Waals surface area (Å²) in [6.07, 6.45) is 1.66. The highest BCUT2D eigenvalue weighted by Crippen LogP contribution is 2.38. The molecule has 1 amide bonds. The third-order valence-corrected chi connectivity index (χ3v) is 5.38. The quantitative estimate of drug-likeness (QED) is 0.930. The molecule has 2 N–H and O–H groups in total. The van der Waals surface area contributed by atoms with Crippen molar-refractivity contribution < 1.29 is 9.53 Å². The summed E-state index contributed by atoms with van der Waals surface area (Å²) >= 11 is 1.56. The van der Waals surface area contributed by atoms with Crippen molar-refractivity contribution in [3.05, 3.63) is 35.9 Å². The van der Waals surface area contributed by atoms with Gasteiger partial charge in [-0.1, -0.05) is 42.1 Å². The van der Waals surface area contributed by atoms with Crippen LogP contribution in [0.1, 0.15) is 25.3 Å². The Morgan fingerprint density at radius 2 is 2.27 bits per heavy atom. The summed E-state index contributed by atoms with van der Waals surface area (Å²) in [5.74, 6) is 0.838. The van der Waals surface area contributed by atoms with E-state index in [9.17, 15) is 4.79 Å². The standard InChI is InChI=1S/C16H21N3O2S/c1-16(13-11-22-14(17)18-13)8-5-9-19(16)15(20)21-10-12-6-3-2-4-7-12/h2-4,6-7,13H,5,8-11H2,1H3,(H2,17,18). The van der Waals surface area contributed by atoms with Crippen LogP contribution in [0.15, 0.2) is 35.3 Å². The lowest BCUT2D eigenvalue weighted by atomic mass is 9.91. The van der Waals surface area contributed by atoms with E-state index in [2.05, 4.69) is 11.9 Å². The Labute approximate surface area is 134 Å². The van der Waals surface area contributed by atoms with E-state index in [0.29, 0.717) is 11.8 Å². The van der Waals surface area contributed by atoms with E-state index in [1.807, 2.05) is 35.2 Å². The summed E-state index contributed by atoms with van der Waals surface area (Å²) in [6, 6.07) is 9.80. The van der Waals surface area contributed by atoms with Gasteiger partial charge in [0, 0.05) is 12.3 Å². The SMILES string of the molecule is CC1(C2CSC(N)=N2)CCCN1C(=O)OCc1ccccc1. The number of likely N-dealkylation sites (tertiary alicyclic amines) is 1. The van der Waals surface area contributed by atoms with E-state index >= 15 is 0 Å². The monoisotopic (exact) mass is 319 g/mol. The van der Waals surface area contributed by atoms with Gasteiger partial charge >= 0.3 is 6.09 Å². The van der Waals surface area contributed by atoms with Gasteiger partial charge in [-0.2, -0.15) is 0 Å². The van der Waals surface area contributed by atoms with Gasteiger partial charge in [-0.05, 0) is 25.3 Å².